The predicted molar refractivity (Wildman–Crippen MR) is 52.3 cm³/mol. The Balaban J connectivity index is 2.64. The molecular weight excluding hydrogens is 247 g/mol. The number of nitrogens with zero attached hydrogens (tertiary/aromatic N) is 2. The van der Waals surface area contributed by atoms with Gasteiger partial charge in [-0.15, -0.1) is 0 Å². The smallest absolute Gasteiger partial charge is 0.382 e. The molecule has 0 aliphatic rings. The highest BCUT2D eigenvalue weighted by Crippen LogP contribution is 2.21. The van der Waals surface area contributed by atoms with Crippen molar-refractivity contribution in [2.24, 2.45) is 0 Å². The van der Waals surface area contributed by atoms with Gasteiger partial charge in [0.15, 0.2) is 6.10 Å². The Hall–Kier alpha value is -1.08. The van der Waals surface area contributed by atoms with Crippen molar-refractivity contribution in [1.82, 2.24) is 9.97 Å². The van der Waals surface area contributed by atoms with Crippen LogP contribution in [0.3, 0.4) is 0 Å². The van der Waals surface area contributed by atoms with Gasteiger partial charge < -0.3 is 10.4 Å². The van der Waals surface area contributed by atoms with Gasteiger partial charge in [0.05, 0.1) is 6.54 Å². The molecule has 1 aromatic heterocycles. The maximum atomic E-state index is 12.0. The summed E-state index contributed by atoms with van der Waals surface area (Å²) in [7, 11) is 0. The van der Waals surface area contributed by atoms with Crippen LogP contribution in [-0.2, 0) is 0 Å². The van der Waals surface area contributed by atoms with Crippen molar-refractivity contribution in [1.29, 1.82) is 0 Å². The fourth-order valence-corrected chi connectivity index (χ4v) is 1.04. The van der Waals surface area contributed by atoms with Crippen LogP contribution >= 0.6 is 11.6 Å². The van der Waals surface area contributed by atoms with Crippen LogP contribution in [0.1, 0.15) is 5.56 Å². The molecule has 0 spiro atoms. The standard InChI is InChI=1S/C8H9ClF3N3O/c1-4-2-14-7(9)15-6(4)13-3-5(16)8(10,11)12/h2,5,16H,3H2,1H3,(H,13,14,15). The molecule has 16 heavy (non-hydrogen) atoms. The Kier molecular flexibility index (Phi) is 3.93. The van der Waals surface area contributed by atoms with Gasteiger partial charge in [0, 0.05) is 11.8 Å². The largest absolute Gasteiger partial charge is 0.416 e. The number of aliphatic hydroxyl groups is 1. The fourth-order valence-electron chi connectivity index (χ4n) is 0.909. The summed E-state index contributed by atoms with van der Waals surface area (Å²) < 4.78 is 35.9. The van der Waals surface area contributed by atoms with E-state index in [1.54, 1.807) is 6.92 Å². The van der Waals surface area contributed by atoms with E-state index in [0.29, 0.717) is 5.56 Å². The van der Waals surface area contributed by atoms with E-state index in [-0.39, 0.29) is 11.1 Å². The van der Waals surface area contributed by atoms with Crippen LogP contribution in [0.2, 0.25) is 5.28 Å². The number of alkyl halides is 3. The summed E-state index contributed by atoms with van der Waals surface area (Å²) in [5, 5.41) is 11.0. The first-order chi connectivity index (χ1) is 7.30. The van der Waals surface area contributed by atoms with Crippen LogP contribution in [0, 0.1) is 6.92 Å². The number of aliphatic hydroxyl groups excluding tert-OH is 1. The molecule has 90 valence electrons. The molecule has 4 nitrogen and oxygen atoms in total. The van der Waals surface area contributed by atoms with Crippen molar-refractivity contribution in [3.05, 3.63) is 17.0 Å². The average Bonchev–Trinajstić information content (AvgIpc) is 2.17. The van der Waals surface area contributed by atoms with Crippen molar-refractivity contribution in [2.45, 2.75) is 19.2 Å². The molecule has 0 bridgehead atoms. The van der Waals surface area contributed by atoms with Gasteiger partial charge in [-0.05, 0) is 18.5 Å². The van der Waals surface area contributed by atoms with E-state index in [0.717, 1.165) is 0 Å². The number of halogens is 4. The quantitative estimate of drug-likeness (QED) is 0.809. The fraction of sp³-hybridized carbons (Fsp3) is 0.500. The van der Waals surface area contributed by atoms with Gasteiger partial charge in [-0.25, -0.2) is 9.97 Å². The summed E-state index contributed by atoms with van der Waals surface area (Å²) in [5.41, 5.74) is 0.541. The molecule has 2 N–H and O–H groups in total. The maximum absolute atomic E-state index is 12.0. The van der Waals surface area contributed by atoms with E-state index in [1.165, 1.54) is 6.20 Å². The third kappa shape index (κ3) is 3.49. The highest BCUT2D eigenvalue weighted by molar-refractivity contribution is 6.28. The van der Waals surface area contributed by atoms with Crippen molar-refractivity contribution >= 4 is 17.4 Å². The van der Waals surface area contributed by atoms with E-state index in [2.05, 4.69) is 15.3 Å². The molecule has 0 aromatic carbocycles. The van der Waals surface area contributed by atoms with Crippen LogP contribution in [0.5, 0.6) is 0 Å². The number of hydrogen-bond donors (Lipinski definition) is 2. The summed E-state index contributed by atoms with van der Waals surface area (Å²) in [6.45, 7) is 0.927. The number of hydrogen-bond acceptors (Lipinski definition) is 4. The van der Waals surface area contributed by atoms with Gasteiger partial charge in [0.1, 0.15) is 5.82 Å². The normalized spacial score (nSPS) is 13.6. The highest BCUT2D eigenvalue weighted by atomic mass is 35.5. The topological polar surface area (TPSA) is 58.0 Å². The van der Waals surface area contributed by atoms with Crippen molar-refractivity contribution in [3.8, 4) is 0 Å². The van der Waals surface area contributed by atoms with Crippen LogP contribution in [0.4, 0.5) is 19.0 Å². The maximum Gasteiger partial charge on any atom is 0.416 e. The lowest BCUT2D eigenvalue weighted by atomic mass is 10.3. The number of aromatic nitrogens is 2. The molecule has 1 heterocycles. The zero-order valence-electron chi connectivity index (χ0n) is 8.22. The number of anilines is 1. The molecule has 0 saturated carbocycles. The zero-order valence-corrected chi connectivity index (χ0v) is 8.97. The summed E-state index contributed by atoms with van der Waals surface area (Å²) in [5.74, 6) is 0.170. The summed E-state index contributed by atoms with van der Waals surface area (Å²) in [6.07, 6.45) is -5.73. The number of rotatable bonds is 3. The van der Waals surface area contributed by atoms with Gasteiger partial charge >= 0.3 is 6.18 Å². The molecule has 0 radical (unpaired) electrons. The first kappa shape index (κ1) is 13.0. The molecule has 1 unspecified atom stereocenters. The SMILES string of the molecule is Cc1cnc(Cl)nc1NCC(O)C(F)(F)F. The second-order valence-electron chi connectivity index (χ2n) is 3.11. The minimum absolute atomic E-state index is 0.0744. The van der Waals surface area contributed by atoms with Gasteiger partial charge in [-0.3, -0.25) is 0 Å². The third-order valence-corrected chi connectivity index (χ3v) is 1.97. The van der Waals surface area contributed by atoms with E-state index in [1.807, 2.05) is 0 Å². The van der Waals surface area contributed by atoms with Gasteiger partial charge in [0.25, 0.3) is 0 Å². The summed E-state index contributed by atoms with van der Waals surface area (Å²) in [6, 6.07) is 0. The molecule has 0 aliphatic heterocycles. The summed E-state index contributed by atoms with van der Waals surface area (Å²) >= 11 is 5.48. The zero-order chi connectivity index (χ0) is 12.3. The second kappa shape index (κ2) is 4.84. The van der Waals surface area contributed by atoms with Crippen molar-refractivity contribution in [2.75, 3.05) is 11.9 Å². The molecule has 0 fully saturated rings. The average molecular weight is 256 g/mol. The van der Waals surface area contributed by atoms with E-state index in [9.17, 15) is 13.2 Å². The Morgan fingerprint density at radius 3 is 2.75 bits per heavy atom. The summed E-state index contributed by atoms with van der Waals surface area (Å²) in [4.78, 5) is 7.34. The Morgan fingerprint density at radius 2 is 2.19 bits per heavy atom. The number of nitrogens with one attached hydrogen (secondary N) is 1. The minimum atomic E-state index is -4.66. The molecular formula is C8H9ClF3N3O. The third-order valence-electron chi connectivity index (χ3n) is 1.78. The number of aryl methyl sites for hydroxylation is 1. The Bertz CT molecular complexity index is 372. The van der Waals surface area contributed by atoms with Crippen molar-refractivity contribution < 1.29 is 18.3 Å². The Morgan fingerprint density at radius 1 is 1.56 bits per heavy atom. The molecule has 0 aliphatic carbocycles. The molecule has 1 atom stereocenters. The second-order valence-corrected chi connectivity index (χ2v) is 3.45. The lowest BCUT2D eigenvalue weighted by molar-refractivity contribution is -0.198. The molecule has 0 amide bonds. The van der Waals surface area contributed by atoms with Crippen LogP contribution < -0.4 is 5.32 Å². The van der Waals surface area contributed by atoms with Crippen LogP contribution in [0.15, 0.2) is 6.20 Å². The van der Waals surface area contributed by atoms with Gasteiger partial charge in [0.2, 0.25) is 5.28 Å². The predicted octanol–water partition coefficient (Wildman–Crippen LogP) is 1.77. The van der Waals surface area contributed by atoms with Crippen LogP contribution in [-0.4, -0.2) is 33.9 Å². The molecule has 0 saturated heterocycles. The van der Waals surface area contributed by atoms with E-state index in [4.69, 9.17) is 16.7 Å². The Labute approximate surface area is 94.5 Å². The molecule has 8 heteroatoms. The van der Waals surface area contributed by atoms with Gasteiger partial charge in [-0.1, -0.05) is 0 Å². The monoisotopic (exact) mass is 255 g/mol. The molecule has 1 rings (SSSR count). The highest BCUT2D eigenvalue weighted by Gasteiger charge is 2.37. The van der Waals surface area contributed by atoms with Gasteiger partial charge in [-0.2, -0.15) is 13.2 Å². The van der Waals surface area contributed by atoms with Crippen molar-refractivity contribution in [3.63, 3.8) is 0 Å². The van der Waals surface area contributed by atoms with E-state index >= 15 is 0 Å². The van der Waals surface area contributed by atoms with E-state index < -0.39 is 18.8 Å². The van der Waals surface area contributed by atoms with Crippen LogP contribution in [0.25, 0.3) is 0 Å². The lowest BCUT2D eigenvalue weighted by Crippen LogP contribution is -2.35. The molecule has 1 aromatic rings. The lowest BCUT2D eigenvalue weighted by Gasteiger charge is -2.16. The first-order valence-corrected chi connectivity index (χ1v) is 4.66. The first-order valence-electron chi connectivity index (χ1n) is 4.28. The minimum Gasteiger partial charge on any atom is -0.382 e.